The number of carbonyl (C=O) groups is 1. The minimum atomic E-state index is -0.797. The van der Waals surface area contributed by atoms with E-state index in [2.05, 4.69) is 6.07 Å². The number of aliphatic carboxylic acids is 1. The fraction of sp³-hybridized carbons (Fsp3) is 0.286. The minimum absolute atomic E-state index is 0.422. The number of fused-ring (bicyclic) bond motifs is 1. The van der Waals surface area contributed by atoms with Crippen LogP contribution in [0.15, 0.2) is 30.6 Å². The summed E-state index contributed by atoms with van der Waals surface area (Å²) in [5.41, 5.74) is 2.38. The molecular weight excluding hydrogens is 260 g/mol. The molecule has 0 aliphatic rings. The molecule has 1 unspecified atom stereocenters. The van der Waals surface area contributed by atoms with Crippen LogP contribution < -0.4 is 0 Å². The Morgan fingerprint density at radius 1 is 1.58 bits per heavy atom. The van der Waals surface area contributed by atoms with E-state index in [1.807, 2.05) is 41.9 Å². The maximum Gasteiger partial charge on any atom is 0.316 e. The molecule has 4 nitrogen and oxygen atoms in total. The first kappa shape index (κ1) is 13.5. The van der Waals surface area contributed by atoms with Gasteiger partial charge in [-0.3, -0.25) is 4.79 Å². The lowest BCUT2D eigenvalue weighted by Crippen LogP contribution is -2.15. The van der Waals surface area contributed by atoms with Crippen LogP contribution in [-0.4, -0.2) is 20.7 Å². The second-order valence-corrected chi connectivity index (χ2v) is 5.37. The van der Waals surface area contributed by atoms with E-state index in [1.165, 1.54) is 11.8 Å². The second-order valence-electron chi connectivity index (χ2n) is 4.18. The highest BCUT2D eigenvalue weighted by Crippen LogP contribution is 2.25. The normalized spacial score (nSPS) is 12.2. The number of aromatic nitrogens is 1. The zero-order valence-corrected chi connectivity index (χ0v) is 11.4. The molecule has 2 aromatic heterocycles. The predicted molar refractivity (Wildman–Crippen MR) is 75.1 cm³/mol. The molecule has 0 saturated carbocycles. The van der Waals surface area contributed by atoms with Crippen molar-refractivity contribution in [1.82, 2.24) is 4.40 Å². The number of hydrogen-bond donors (Lipinski definition) is 1. The van der Waals surface area contributed by atoms with E-state index in [4.69, 9.17) is 5.11 Å². The molecule has 1 atom stereocenters. The van der Waals surface area contributed by atoms with Crippen molar-refractivity contribution in [3.05, 3.63) is 41.7 Å². The van der Waals surface area contributed by atoms with Gasteiger partial charge in [0.25, 0.3) is 0 Å². The Kier molecular flexibility index (Phi) is 4.13. The molecule has 0 radical (unpaired) electrons. The molecule has 0 bridgehead atoms. The van der Waals surface area contributed by atoms with Crippen LogP contribution >= 0.6 is 11.8 Å². The Morgan fingerprint density at radius 2 is 2.37 bits per heavy atom. The fourth-order valence-electron chi connectivity index (χ4n) is 1.97. The number of pyridine rings is 1. The SMILES string of the molecule is CCC(SCc1cn2ccccc2c1C#N)C(=O)O. The van der Waals surface area contributed by atoms with Crippen LogP contribution in [0.3, 0.4) is 0 Å². The average molecular weight is 274 g/mol. The average Bonchev–Trinajstić information content (AvgIpc) is 2.76. The van der Waals surface area contributed by atoms with Crippen LogP contribution in [0.5, 0.6) is 0 Å². The molecule has 0 aliphatic carbocycles. The highest BCUT2D eigenvalue weighted by atomic mass is 32.2. The van der Waals surface area contributed by atoms with E-state index in [0.29, 0.717) is 17.7 Å². The molecule has 2 heterocycles. The summed E-state index contributed by atoms with van der Waals surface area (Å²) >= 11 is 1.36. The molecule has 5 heteroatoms. The predicted octanol–water partition coefficient (Wildman–Crippen LogP) is 2.91. The molecule has 0 fully saturated rings. The van der Waals surface area contributed by atoms with Gasteiger partial charge in [-0.25, -0.2) is 0 Å². The third kappa shape index (κ3) is 2.74. The molecule has 0 aromatic carbocycles. The highest BCUT2D eigenvalue weighted by molar-refractivity contribution is 7.99. The van der Waals surface area contributed by atoms with Crippen LogP contribution in [0.25, 0.3) is 5.52 Å². The van der Waals surface area contributed by atoms with E-state index in [-0.39, 0.29) is 0 Å². The number of nitriles is 1. The lowest BCUT2D eigenvalue weighted by Gasteiger charge is -2.08. The second kappa shape index (κ2) is 5.81. The number of hydrogen-bond acceptors (Lipinski definition) is 3. The molecule has 0 saturated heterocycles. The first-order valence-electron chi connectivity index (χ1n) is 6.00. The number of carboxylic acids is 1. The Labute approximate surface area is 115 Å². The summed E-state index contributed by atoms with van der Waals surface area (Å²) in [5, 5.41) is 17.9. The zero-order valence-electron chi connectivity index (χ0n) is 10.5. The van der Waals surface area contributed by atoms with Gasteiger partial charge in [-0.1, -0.05) is 13.0 Å². The van der Waals surface area contributed by atoms with Crippen molar-refractivity contribution in [2.45, 2.75) is 24.3 Å². The number of carboxylic acid groups (broad SMARTS) is 1. The van der Waals surface area contributed by atoms with E-state index >= 15 is 0 Å². The largest absolute Gasteiger partial charge is 0.480 e. The van der Waals surface area contributed by atoms with Crippen molar-refractivity contribution in [3.63, 3.8) is 0 Å². The molecule has 2 aromatic rings. The molecule has 19 heavy (non-hydrogen) atoms. The standard InChI is InChI=1S/C14H14N2O2S/c1-2-13(14(17)18)19-9-10-8-16-6-4-3-5-12(16)11(10)7-15/h3-6,8,13H,2,9H2,1H3,(H,17,18). The van der Waals surface area contributed by atoms with Crippen molar-refractivity contribution in [2.75, 3.05) is 0 Å². The molecular formula is C14H14N2O2S. The van der Waals surface area contributed by atoms with Crippen LogP contribution in [0, 0.1) is 11.3 Å². The molecule has 0 spiro atoms. The lowest BCUT2D eigenvalue weighted by atomic mass is 10.2. The quantitative estimate of drug-likeness (QED) is 0.910. The molecule has 98 valence electrons. The van der Waals surface area contributed by atoms with Gasteiger partial charge in [0, 0.05) is 18.1 Å². The summed E-state index contributed by atoms with van der Waals surface area (Å²) in [4.78, 5) is 11.0. The topological polar surface area (TPSA) is 65.5 Å². The van der Waals surface area contributed by atoms with E-state index in [9.17, 15) is 10.1 Å². The van der Waals surface area contributed by atoms with Gasteiger partial charge >= 0.3 is 5.97 Å². The number of nitrogens with zero attached hydrogens (tertiary/aromatic N) is 2. The van der Waals surface area contributed by atoms with Crippen LogP contribution in [0.1, 0.15) is 24.5 Å². The number of rotatable bonds is 5. The smallest absolute Gasteiger partial charge is 0.316 e. The van der Waals surface area contributed by atoms with Gasteiger partial charge in [-0.2, -0.15) is 5.26 Å². The summed E-state index contributed by atoms with van der Waals surface area (Å²) in [7, 11) is 0. The van der Waals surface area contributed by atoms with Crippen molar-refractivity contribution < 1.29 is 9.90 Å². The Morgan fingerprint density at radius 3 is 3.00 bits per heavy atom. The highest BCUT2D eigenvalue weighted by Gasteiger charge is 2.17. The van der Waals surface area contributed by atoms with Crippen LogP contribution in [-0.2, 0) is 10.5 Å². The summed E-state index contributed by atoms with van der Waals surface area (Å²) in [5.74, 6) is -0.259. The zero-order chi connectivity index (χ0) is 13.8. The first-order chi connectivity index (χ1) is 9.17. The van der Waals surface area contributed by atoms with Gasteiger partial charge < -0.3 is 9.51 Å². The van der Waals surface area contributed by atoms with Crippen molar-refractivity contribution in [3.8, 4) is 6.07 Å². The van der Waals surface area contributed by atoms with E-state index in [1.54, 1.807) is 0 Å². The van der Waals surface area contributed by atoms with Gasteiger partial charge in [0.05, 0.1) is 11.1 Å². The van der Waals surface area contributed by atoms with E-state index in [0.717, 1.165) is 11.1 Å². The fourth-order valence-corrected chi connectivity index (χ4v) is 2.95. The molecule has 1 N–H and O–H groups in total. The van der Waals surface area contributed by atoms with Gasteiger partial charge in [0.1, 0.15) is 11.3 Å². The monoisotopic (exact) mass is 274 g/mol. The maximum absolute atomic E-state index is 11.0. The lowest BCUT2D eigenvalue weighted by molar-refractivity contribution is -0.136. The summed E-state index contributed by atoms with van der Waals surface area (Å²) in [6.07, 6.45) is 4.36. The third-order valence-electron chi connectivity index (χ3n) is 2.96. The van der Waals surface area contributed by atoms with Gasteiger partial charge in [-0.05, 0) is 24.1 Å². The third-order valence-corrected chi connectivity index (χ3v) is 4.38. The van der Waals surface area contributed by atoms with Crippen molar-refractivity contribution >= 4 is 23.2 Å². The minimum Gasteiger partial charge on any atom is -0.480 e. The van der Waals surface area contributed by atoms with Gasteiger partial charge in [-0.15, -0.1) is 11.8 Å². The Hall–Kier alpha value is -1.93. The molecule has 0 amide bonds. The van der Waals surface area contributed by atoms with Gasteiger partial charge in [0.15, 0.2) is 0 Å². The Bertz CT molecular complexity index is 642. The van der Waals surface area contributed by atoms with E-state index < -0.39 is 11.2 Å². The maximum atomic E-state index is 11.0. The first-order valence-corrected chi connectivity index (χ1v) is 7.05. The summed E-state index contributed by atoms with van der Waals surface area (Å²) < 4.78 is 1.90. The summed E-state index contributed by atoms with van der Waals surface area (Å²) in [6, 6.07) is 7.89. The molecule has 0 aliphatic heterocycles. The van der Waals surface area contributed by atoms with Crippen molar-refractivity contribution in [1.29, 1.82) is 5.26 Å². The summed E-state index contributed by atoms with van der Waals surface area (Å²) in [6.45, 7) is 1.85. The Balaban J connectivity index is 2.26. The van der Waals surface area contributed by atoms with Crippen LogP contribution in [0.2, 0.25) is 0 Å². The van der Waals surface area contributed by atoms with Crippen molar-refractivity contribution in [2.24, 2.45) is 0 Å². The van der Waals surface area contributed by atoms with Gasteiger partial charge in [0.2, 0.25) is 0 Å². The molecule has 2 rings (SSSR count). The number of thioether (sulfide) groups is 1. The van der Waals surface area contributed by atoms with Crippen LogP contribution in [0.4, 0.5) is 0 Å².